The van der Waals surface area contributed by atoms with Gasteiger partial charge in [0.25, 0.3) is 11.8 Å². The molecule has 2 heterocycles. The van der Waals surface area contributed by atoms with Gasteiger partial charge < -0.3 is 22.1 Å². The number of carbonyl (C=O) groups is 2. The van der Waals surface area contributed by atoms with Gasteiger partial charge in [-0.05, 0) is 98.9 Å². The van der Waals surface area contributed by atoms with E-state index in [0.717, 1.165) is 80.1 Å². The van der Waals surface area contributed by atoms with Gasteiger partial charge in [0.2, 0.25) is 0 Å². The van der Waals surface area contributed by atoms with E-state index in [1.165, 1.54) is 0 Å². The van der Waals surface area contributed by atoms with E-state index >= 15 is 0 Å². The second kappa shape index (κ2) is 16.4. The summed E-state index contributed by atoms with van der Waals surface area (Å²) in [5.41, 5.74) is 26.0. The summed E-state index contributed by atoms with van der Waals surface area (Å²) in [5, 5.41) is 6.29. The lowest BCUT2D eigenvalue weighted by Gasteiger charge is -2.22. The molecule has 5 rings (SSSR count). The number of aryl methyl sites for hydroxylation is 4. The van der Waals surface area contributed by atoms with Crippen molar-refractivity contribution >= 4 is 23.2 Å². The summed E-state index contributed by atoms with van der Waals surface area (Å²) in [5.74, 6) is 0.167. The molecule has 0 fully saturated rings. The summed E-state index contributed by atoms with van der Waals surface area (Å²) >= 11 is 0. The second-order valence-electron chi connectivity index (χ2n) is 14.6. The van der Waals surface area contributed by atoms with Crippen LogP contribution in [0.5, 0.6) is 0 Å². The molecule has 0 radical (unpaired) electrons. The van der Waals surface area contributed by atoms with Gasteiger partial charge in [-0.2, -0.15) is 0 Å². The minimum Gasteiger partial charge on any atom is -0.326 e. The van der Waals surface area contributed by atoms with E-state index in [1.807, 2.05) is 27.7 Å². The molecule has 52 heavy (non-hydrogen) atoms. The first-order valence-electron chi connectivity index (χ1n) is 18.1. The molecule has 3 aromatic carbocycles. The molecule has 270 valence electrons. The molecule has 0 saturated heterocycles. The van der Waals surface area contributed by atoms with E-state index < -0.39 is 0 Å². The second-order valence-corrected chi connectivity index (χ2v) is 14.6. The summed E-state index contributed by atoms with van der Waals surface area (Å²) in [4.78, 5) is 37.4. The molecule has 0 atom stereocenters. The molecule has 2 amide bonds. The fraction of sp³-hybridized carbons (Fsp3) is 0.318. The van der Waals surface area contributed by atoms with Crippen molar-refractivity contribution in [3.63, 3.8) is 0 Å². The average Bonchev–Trinajstić information content (AvgIpc) is 3.10. The van der Waals surface area contributed by atoms with Gasteiger partial charge in [0, 0.05) is 46.7 Å². The van der Waals surface area contributed by atoms with Crippen LogP contribution in [0.3, 0.4) is 0 Å². The third-order valence-corrected chi connectivity index (χ3v) is 9.31. The lowest BCUT2D eigenvalue weighted by molar-refractivity contribution is 0.101. The number of carbonyl (C=O) groups excluding carboxylic acids is 2. The molecule has 0 aliphatic rings. The Morgan fingerprint density at radius 1 is 0.558 bits per heavy atom. The van der Waals surface area contributed by atoms with Crippen molar-refractivity contribution in [2.75, 3.05) is 10.6 Å². The van der Waals surface area contributed by atoms with Gasteiger partial charge in [0.05, 0.1) is 22.8 Å². The first-order valence-corrected chi connectivity index (χ1v) is 18.1. The zero-order valence-corrected chi connectivity index (χ0v) is 31.8. The zero-order valence-electron chi connectivity index (χ0n) is 31.8. The van der Waals surface area contributed by atoms with E-state index in [0.29, 0.717) is 47.4 Å². The Bertz CT molecular complexity index is 1920. The fourth-order valence-corrected chi connectivity index (χ4v) is 6.68. The standard InChI is InChI=1S/C44H52N6O2/c1-25(2)21-37-35(23-45)39(31-13-9-27(5)10-14-31)41(29(7)47-37)49-43(51)33-17-19-34(20-18-33)44(52)50-42-30(8)48-38(22-26(3)4)36(24-46)40(42)32-15-11-28(6)12-16-32/h9-20,25-26H,21-24,45-46H2,1-8H3,(H,49,51)(H,50,52). The molecule has 0 aliphatic heterocycles. The Hall–Kier alpha value is -5.18. The summed E-state index contributed by atoms with van der Waals surface area (Å²) in [7, 11) is 0. The number of nitrogens with one attached hydrogen (secondary N) is 2. The highest BCUT2D eigenvalue weighted by Crippen LogP contribution is 2.38. The highest BCUT2D eigenvalue weighted by atomic mass is 16.2. The summed E-state index contributed by atoms with van der Waals surface area (Å²) in [6.45, 7) is 17.1. The number of hydrogen-bond acceptors (Lipinski definition) is 6. The largest absolute Gasteiger partial charge is 0.326 e. The predicted octanol–water partition coefficient (Wildman–Crippen LogP) is 8.86. The van der Waals surface area contributed by atoms with Crippen LogP contribution in [0.2, 0.25) is 0 Å². The van der Waals surface area contributed by atoms with E-state index in [4.69, 9.17) is 21.4 Å². The Balaban J connectivity index is 1.46. The minimum absolute atomic E-state index is 0.291. The third kappa shape index (κ3) is 8.47. The molecule has 8 nitrogen and oxygen atoms in total. The summed E-state index contributed by atoms with van der Waals surface area (Å²) < 4.78 is 0. The molecule has 6 N–H and O–H groups in total. The number of rotatable bonds is 12. The van der Waals surface area contributed by atoms with Gasteiger partial charge in [0.15, 0.2) is 0 Å². The van der Waals surface area contributed by atoms with Crippen molar-refractivity contribution in [3.8, 4) is 22.3 Å². The first kappa shape index (κ1) is 38.1. The van der Waals surface area contributed by atoms with Crippen LogP contribution >= 0.6 is 0 Å². The summed E-state index contributed by atoms with van der Waals surface area (Å²) in [6.07, 6.45) is 1.56. The van der Waals surface area contributed by atoms with Crippen molar-refractivity contribution in [2.24, 2.45) is 23.3 Å². The van der Waals surface area contributed by atoms with Crippen LogP contribution in [0, 0.1) is 39.5 Å². The van der Waals surface area contributed by atoms with Gasteiger partial charge in [0.1, 0.15) is 0 Å². The molecular weight excluding hydrogens is 645 g/mol. The Morgan fingerprint density at radius 3 is 1.17 bits per heavy atom. The number of aromatic nitrogens is 2. The first-order chi connectivity index (χ1) is 24.8. The van der Waals surface area contributed by atoms with Crippen molar-refractivity contribution in [3.05, 3.63) is 129 Å². The molecule has 0 unspecified atom stereocenters. The minimum atomic E-state index is -0.306. The quantitative estimate of drug-likeness (QED) is 0.103. The van der Waals surface area contributed by atoms with E-state index in [9.17, 15) is 9.59 Å². The molecule has 0 saturated carbocycles. The Labute approximate surface area is 308 Å². The van der Waals surface area contributed by atoms with Gasteiger partial charge >= 0.3 is 0 Å². The lowest BCUT2D eigenvalue weighted by Crippen LogP contribution is -2.19. The smallest absolute Gasteiger partial charge is 0.255 e. The van der Waals surface area contributed by atoms with Crippen molar-refractivity contribution in [1.29, 1.82) is 0 Å². The molecule has 0 spiro atoms. The highest BCUT2D eigenvalue weighted by molar-refractivity contribution is 6.10. The molecule has 8 heteroatoms. The maximum absolute atomic E-state index is 13.8. The topological polar surface area (TPSA) is 136 Å². The molecule has 5 aromatic rings. The van der Waals surface area contributed by atoms with Gasteiger partial charge in [-0.25, -0.2) is 0 Å². The third-order valence-electron chi connectivity index (χ3n) is 9.31. The van der Waals surface area contributed by atoms with Crippen LogP contribution in [0.25, 0.3) is 22.3 Å². The van der Waals surface area contributed by atoms with Crippen molar-refractivity contribution in [1.82, 2.24) is 9.97 Å². The SMILES string of the molecule is Cc1ccc(-c2c(CN)c(CC(C)C)nc(C)c2NC(=O)c2ccc(C(=O)Nc3c(C)nc(CC(C)C)c(CN)c3-c3ccc(C)cc3)cc2)cc1. The van der Waals surface area contributed by atoms with E-state index in [-0.39, 0.29) is 11.8 Å². The van der Waals surface area contributed by atoms with Crippen LogP contribution in [0.15, 0.2) is 72.8 Å². The maximum atomic E-state index is 13.8. The predicted molar refractivity (Wildman–Crippen MR) is 214 cm³/mol. The van der Waals surface area contributed by atoms with Crippen LogP contribution in [-0.4, -0.2) is 21.8 Å². The number of benzene rings is 3. The normalized spacial score (nSPS) is 11.3. The van der Waals surface area contributed by atoms with Crippen LogP contribution in [-0.2, 0) is 25.9 Å². The maximum Gasteiger partial charge on any atom is 0.255 e. The fourth-order valence-electron chi connectivity index (χ4n) is 6.68. The number of amides is 2. The number of pyridine rings is 2. The Kier molecular flexibility index (Phi) is 12.0. The van der Waals surface area contributed by atoms with Crippen LogP contribution < -0.4 is 22.1 Å². The van der Waals surface area contributed by atoms with Crippen LogP contribution in [0.4, 0.5) is 11.4 Å². The zero-order chi connectivity index (χ0) is 37.7. The van der Waals surface area contributed by atoms with Gasteiger partial charge in [-0.3, -0.25) is 19.6 Å². The monoisotopic (exact) mass is 696 g/mol. The van der Waals surface area contributed by atoms with E-state index in [2.05, 4.69) is 86.9 Å². The average molecular weight is 697 g/mol. The molecular formula is C44H52N6O2. The van der Waals surface area contributed by atoms with E-state index in [1.54, 1.807) is 24.3 Å². The van der Waals surface area contributed by atoms with Crippen molar-refractivity contribution in [2.45, 2.75) is 81.3 Å². The van der Waals surface area contributed by atoms with Gasteiger partial charge in [-0.1, -0.05) is 87.4 Å². The van der Waals surface area contributed by atoms with Crippen molar-refractivity contribution < 1.29 is 9.59 Å². The number of anilines is 2. The molecule has 0 aliphatic carbocycles. The van der Waals surface area contributed by atoms with Gasteiger partial charge in [-0.15, -0.1) is 0 Å². The highest BCUT2D eigenvalue weighted by Gasteiger charge is 2.23. The number of hydrogen-bond donors (Lipinski definition) is 4. The number of nitrogens with two attached hydrogens (primary N) is 2. The Morgan fingerprint density at radius 2 is 0.885 bits per heavy atom. The lowest BCUT2D eigenvalue weighted by atomic mass is 9.92. The molecule has 0 bridgehead atoms. The summed E-state index contributed by atoms with van der Waals surface area (Å²) in [6, 6.07) is 23.1. The van der Waals surface area contributed by atoms with Crippen LogP contribution in [0.1, 0.15) is 93.4 Å². The number of nitrogens with zero attached hydrogens (tertiary/aromatic N) is 2. The molecule has 2 aromatic heterocycles.